The molecule has 0 amide bonds. The molecule has 1 radical (unpaired) electrons. The maximum Gasteiger partial charge on any atom is 0.0608 e. The monoisotopic (exact) mass is 614 g/mol. The molecule has 0 aliphatic rings. The largest absolute Gasteiger partial charge is 0.336 e. The summed E-state index contributed by atoms with van der Waals surface area (Å²) in [5, 5.41) is 0. The molecule has 3 aromatic carbocycles. The first-order valence-corrected chi connectivity index (χ1v) is 11.6. The molecule has 0 aliphatic carbocycles. The smallest absolute Gasteiger partial charge is 0.0608 e. The van der Waals surface area contributed by atoms with Gasteiger partial charge in [0.1, 0.15) is 0 Å². The van der Waals surface area contributed by atoms with Gasteiger partial charge in [0.2, 0.25) is 0 Å². The van der Waals surface area contributed by atoms with E-state index in [1.165, 1.54) is 28.1 Å². The summed E-state index contributed by atoms with van der Waals surface area (Å²) >= 11 is 0. The van der Waals surface area contributed by atoms with Crippen molar-refractivity contribution in [3.8, 4) is 28.2 Å². The number of hydrogen-bond donors (Lipinski definition) is 0. The third-order valence-corrected chi connectivity index (χ3v) is 6.53. The Kier molecular flexibility index (Phi) is 7.77. The van der Waals surface area contributed by atoms with Gasteiger partial charge in [0, 0.05) is 42.6 Å². The Morgan fingerprint density at radius 3 is 2.24 bits per heavy atom. The standard InChI is InChI=1S/C30H33N2.Ir/c1-7-30(5,6)28-22(4)31-29(24-16-12-9-13-17-24)32(28)27-20-25(18-19-26(27)21(2)3)23-14-10-8-11-15-23;/h8-16,18-21H,7H2,1-6H3;/q-1;. The molecule has 0 unspecified atom stereocenters. The first-order valence-electron chi connectivity index (χ1n) is 11.6. The first-order chi connectivity index (χ1) is 15.3. The van der Waals surface area contributed by atoms with E-state index in [0.29, 0.717) is 5.92 Å². The summed E-state index contributed by atoms with van der Waals surface area (Å²) in [7, 11) is 0. The van der Waals surface area contributed by atoms with Gasteiger partial charge in [-0.1, -0.05) is 77.1 Å². The minimum atomic E-state index is -0.0128. The average Bonchev–Trinajstić information content (AvgIpc) is 3.17. The van der Waals surface area contributed by atoms with Crippen LogP contribution >= 0.6 is 0 Å². The van der Waals surface area contributed by atoms with Crippen LogP contribution in [-0.4, -0.2) is 9.55 Å². The molecule has 4 rings (SSSR count). The van der Waals surface area contributed by atoms with Gasteiger partial charge in [-0.25, -0.2) is 0 Å². The second-order valence-corrected chi connectivity index (χ2v) is 9.51. The Balaban J connectivity index is 0.00000306. The summed E-state index contributed by atoms with van der Waals surface area (Å²) in [6.45, 7) is 13.6. The van der Waals surface area contributed by atoms with Gasteiger partial charge in [-0.05, 0) is 42.0 Å². The van der Waals surface area contributed by atoms with E-state index in [1.807, 2.05) is 12.1 Å². The van der Waals surface area contributed by atoms with Gasteiger partial charge in [-0.2, -0.15) is 0 Å². The van der Waals surface area contributed by atoms with E-state index in [2.05, 4.69) is 113 Å². The Bertz CT molecular complexity index is 1210. The van der Waals surface area contributed by atoms with E-state index in [4.69, 9.17) is 4.98 Å². The van der Waals surface area contributed by atoms with E-state index in [9.17, 15) is 0 Å². The first kappa shape index (κ1) is 25.1. The van der Waals surface area contributed by atoms with Crippen molar-refractivity contribution in [1.29, 1.82) is 0 Å². The molecule has 0 aliphatic heterocycles. The van der Waals surface area contributed by atoms with Crippen LogP contribution in [0.2, 0.25) is 0 Å². The normalized spacial score (nSPS) is 11.5. The van der Waals surface area contributed by atoms with Crippen molar-refractivity contribution in [2.24, 2.45) is 0 Å². The van der Waals surface area contributed by atoms with Gasteiger partial charge in [0.15, 0.2) is 0 Å². The third kappa shape index (κ3) is 4.90. The molecule has 0 atom stereocenters. The quantitative estimate of drug-likeness (QED) is 0.201. The SMILES string of the molecule is CCC(C)(C)c1c(C)nc(-c2[c-]cccc2)n1-c1cc(-c2ccccc2)ccc1C(C)C.[Ir]. The maximum absolute atomic E-state index is 5.11. The molecule has 4 aromatic rings. The molecular weight excluding hydrogens is 581 g/mol. The molecule has 173 valence electrons. The van der Waals surface area contributed by atoms with E-state index in [-0.39, 0.29) is 25.5 Å². The topological polar surface area (TPSA) is 17.8 Å². The fraction of sp³-hybridized carbons (Fsp3) is 0.300. The molecule has 1 heterocycles. The van der Waals surface area contributed by atoms with E-state index in [1.54, 1.807) is 0 Å². The van der Waals surface area contributed by atoms with Crippen molar-refractivity contribution in [3.63, 3.8) is 0 Å². The summed E-state index contributed by atoms with van der Waals surface area (Å²) in [4.78, 5) is 5.11. The number of benzene rings is 3. The molecule has 1 aromatic heterocycles. The number of nitrogens with zero attached hydrogens (tertiary/aromatic N) is 2. The van der Waals surface area contributed by atoms with E-state index in [0.717, 1.165) is 23.5 Å². The van der Waals surface area contributed by atoms with Crippen molar-refractivity contribution >= 4 is 0 Å². The fourth-order valence-corrected chi connectivity index (χ4v) is 4.47. The second-order valence-electron chi connectivity index (χ2n) is 9.51. The summed E-state index contributed by atoms with van der Waals surface area (Å²) in [6, 6.07) is 29.1. The van der Waals surface area contributed by atoms with Crippen LogP contribution in [0.1, 0.15) is 63.9 Å². The Morgan fingerprint density at radius 2 is 1.64 bits per heavy atom. The molecule has 0 bridgehead atoms. The predicted molar refractivity (Wildman–Crippen MR) is 135 cm³/mol. The van der Waals surface area contributed by atoms with Crippen LogP contribution in [0.25, 0.3) is 28.2 Å². The van der Waals surface area contributed by atoms with Crippen molar-refractivity contribution in [2.75, 3.05) is 0 Å². The predicted octanol–water partition coefficient (Wildman–Crippen LogP) is 8.12. The van der Waals surface area contributed by atoms with Gasteiger partial charge in [0.25, 0.3) is 0 Å². The minimum Gasteiger partial charge on any atom is -0.336 e. The summed E-state index contributed by atoms with van der Waals surface area (Å²) in [6.07, 6.45) is 1.03. The van der Waals surface area contributed by atoms with E-state index >= 15 is 0 Å². The molecule has 2 nitrogen and oxygen atoms in total. The average molecular weight is 614 g/mol. The third-order valence-electron chi connectivity index (χ3n) is 6.53. The Labute approximate surface area is 212 Å². The Morgan fingerprint density at radius 1 is 0.939 bits per heavy atom. The number of aromatic nitrogens is 2. The van der Waals surface area contributed by atoms with Crippen LogP contribution in [0.4, 0.5) is 0 Å². The van der Waals surface area contributed by atoms with Crippen LogP contribution in [0, 0.1) is 13.0 Å². The Hall–Kier alpha value is -2.48. The molecule has 0 saturated heterocycles. The van der Waals surface area contributed by atoms with Gasteiger partial charge in [-0.3, -0.25) is 4.98 Å². The number of imidazole rings is 1. The van der Waals surface area contributed by atoms with E-state index < -0.39 is 0 Å². The van der Waals surface area contributed by atoms with Crippen molar-refractivity contribution in [2.45, 2.75) is 59.3 Å². The molecule has 0 spiro atoms. The molecule has 0 saturated carbocycles. The summed E-state index contributed by atoms with van der Waals surface area (Å²) < 4.78 is 2.41. The van der Waals surface area contributed by atoms with Crippen LogP contribution in [0.3, 0.4) is 0 Å². The number of rotatable bonds is 6. The molecule has 3 heteroatoms. The number of hydrogen-bond acceptors (Lipinski definition) is 1. The molecule has 0 fully saturated rings. The van der Waals surface area contributed by atoms with Gasteiger partial charge >= 0.3 is 0 Å². The maximum atomic E-state index is 5.11. The molecule has 0 N–H and O–H groups in total. The summed E-state index contributed by atoms with van der Waals surface area (Å²) in [5.41, 5.74) is 8.36. The van der Waals surface area contributed by atoms with Crippen LogP contribution in [0.15, 0.2) is 72.8 Å². The van der Waals surface area contributed by atoms with Crippen molar-refractivity contribution in [1.82, 2.24) is 9.55 Å². The van der Waals surface area contributed by atoms with Gasteiger partial charge in [-0.15, -0.1) is 35.9 Å². The molecular formula is C30H33IrN2-. The van der Waals surface area contributed by atoms with Crippen LogP contribution in [-0.2, 0) is 25.5 Å². The van der Waals surface area contributed by atoms with Crippen LogP contribution < -0.4 is 0 Å². The number of aryl methyl sites for hydroxylation is 1. The minimum absolute atomic E-state index is 0. The second kappa shape index (κ2) is 10.2. The zero-order chi connectivity index (χ0) is 22.9. The fourth-order valence-electron chi connectivity index (χ4n) is 4.47. The van der Waals surface area contributed by atoms with Crippen molar-refractivity contribution < 1.29 is 20.1 Å². The zero-order valence-electron chi connectivity index (χ0n) is 20.4. The van der Waals surface area contributed by atoms with Gasteiger partial charge < -0.3 is 4.57 Å². The van der Waals surface area contributed by atoms with Gasteiger partial charge in [0.05, 0.1) is 5.82 Å². The molecule has 33 heavy (non-hydrogen) atoms. The van der Waals surface area contributed by atoms with Crippen LogP contribution in [0.5, 0.6) is 0 Å². The zero-order valence-corrected chi connectivity index (χ0v) is 22.8. The van der Waals surface area contributed by atoms with Crippen molar-refractivity contribution in [3.05, 3.63) is 95.8 Å². The summed E-state index contributed by atoms with van der Waals surface area (Å²) in [5.74, 6) is 1.36.